The summed E-state index contributed by atoms with van der Waals surface area (Å²) in [6.45, 7) is 3.81. The maximum atomic E-state index is 6.01. The van der Waals surface area contributed by atoms with Gasteiger partial charge in [-0.15, -0.1) is 0 Å². The highest BCUT2D eigenvalue weighted by Gasteiger charge is 2.34. The van der Waals surface area contributed by atoms with Crippen molar-refractivity contribution < 1.29 is 4.74 Å². The molecule has 2 fully saturated rings. The van der Waals surface area contributed by atoms with Crippen molar-refractivity contribution in [3.05, 3.63) is 53.9 Å². The summed E-state index contributed by atoms with van der Waals surface area (Å²) in [6.07, 6.45) is 9.51. The quantitative estimate of drug-likeness (QED) is 0.869. The van der Waals surface area contributed by atoms with Crippen LogP contribution in [0.2, 0.25) is 0 Å². The summed E-state index contributed by atoms with van der Waals surface area (Å²) in [4.78, 5) is 2.65. The standard InChI is InChI=1S/C19H25N3O/c1-2-7-17(15-22-11-5-10-20-22)16(6-1)14-21-12-13-23-19-9-4-3-8-18(19)21/h1-2,5-7,10-11,18-19H,3-4,8-9,12-15H2/t18-,19-/m1/s1. The first-order valence-electron chi connectivity index (χ1n) is 8.80. The molecule has 1 aromatic carbocycles. The maximum Gasteiger partial charge on any atom is 0.0731 e. The predicted molar refractivity (Wildman–Crippen MR) is 90.2 cm³/mol. The van der Waals surface area contributed by atoms with Crippen molar-refractivity contribution in [1.82, 2.24) is 14.7 Å². The molecule has 4 nitrogen and oxygen atoms in total. The van der Waals surface area contributed by atoms with Crippen LogP contribution in [0.5, 0.6) is 0 Å². The Bertz CT molecular complexity index is 623. The summed E-state index contributed by atoms with van der Waals surface area (Å²) in [7, 11) is 0. The molecule has 23 heavy (non-hydrogen) atoms. The fraction of sp³-hybridized carbons (Fsp3) is 0.526. The number of morpholine rings is 1. The van der Waals surface area contributed by atoms with Crippen LogP contribution in [0, 0.1) is 0 Å². The Balaban J connectivity index is 1.51. The Labute approximate surface area is 138 Å². The van der Waals surface area contributed by atoms with Crippen molar-refractivity contribution in [2.45, 2.75) is 50.9 Å². The number of aromatic nitrogens is 2. The second-order valence-electron chi connectivity index (χ2n) is 6.70. The van der Waals surface area contributed by atoms with Gasteiger partial charge in [-0.05, 0) is 30.0 Å². The highest BCUT2D eigenvalue weighted by atomic mass is 16.5. The minimum absolute atomic E-state index is 0.454. The molecular weight excluding hydrogens is 286 g/mol. The first-order valence-corrected chi connectivity index (χ1v) is 8.80. The molecule has 0 spiro atoms. The van der Waals surface area contributed by atoms with E-state index in [1.54, 1.807) is 0 Å². The van der Waals surface area contributed by atoms with Gasteiger partial charge in [0.2, 0.25) is 0 Å². The zero-order chi connectivity index (χ0) is 15.5. The number of hydrogen-bond acceptors (Lipinski definition) is 3. The third-order valence-corrected chi connectivity index (χ3v) is 5.23. The molecule has 1 saturated carbocycles. The van der Waals surface area contributed by atoms with Crippen molar-refractivity contribution in [3.8, 4) is 0 Å². The van der Waals surface area contributed by atoms with E-state index in [-0.39, 0.29) is 0 Å². The first kappa shape index (κ1) is 14.9. The number of nitrogens with zero attached hydrogens (tertiary/aromatic N) is 3. The van der Waals surface area contributed by atoms with E-state index in [9.17, 15) is 0 Å². The lowest BCUT2D eigenvalue weighted by atomic mass is 9.89. The largest absolute Gasteiger partial charge is 0.375 e. The van der Waals surface area contributed by atoms with Gasteiger partial charge in [-0.1, -0.05) is 37.1 Å². The van der Waals surface area contributed by atoms with Gasteiger partial charge >= 0.3 is 0 Å². The molecule has 1 aliphatic heterocycles. The molecule has 0 N–H and O–H groups in total. The molecule has 4 heteroatoms. The first-order chi connectivity index (χ1) is 11.4. The van der Waals surface area contributed by atoms with E-state index in [4.69, 9.17) is 4.74 Å². The highest BCUT2D eigenvalue weighted by Crippen LogP contribution is 2.29. The van der Waals surface area contributed by atoms with Crippen LogP contribution in [-0.2, 0) is 17.8 Å². The molecular formula is C19H25N3O. The van der Waals surface area contributed by atoms with Gasteiger partial charge in [0, 0.05) is 31.5 Å². The summed E-state index contributed by atoms with van der Waals surface area (Å²) < 4.78 is 8.01. The highest BCUT2D eigenvalue weighted by molar-refractivity contribution is 5.27. The second kappa shape index (κ2) is 6.85. The lowest BCUT2D eigenvalue weighted by molar-refractivity contribution is -0.0911. The maximum absolute atomic E-state index is 6.01. The lowest BCUT2D eigenvalue weighted by Gasteiger charge is -2.44. The molecule has 1 aromatic heterocycles. The SMILES string of the molecule is c1ccc(Cn2cccn2)c(CN2CCO[C@@H]3CCCC[C@H]32)c1. The number of rotatable bonds is 4. The van der Waals surface area contributed by atoms with Crippen molar-refractivity contribution in [2.75, 3.05) is 13.2 Å². The Kier molecular flexibility index (Phi) is 4.44. The Morgan fingerprint density at radius 2 is 1.87 bits per heavy atom. The van der Waals surface area contributed by atoms with Gasteiger partial charge in [0.1, 0.15) is 0 Å². The fourth-order valence-electron chi connectivity index (χ4n) is 4.03. The normalized spacial score (nSPS) is 25.2. The van der Waals surface area contributed by atoms with E-state index in [1.807, 2.05) is 23.1 Å². The average Bonchev–Trinajstić information content (AvgIpc) is 3.10. The number of fused-ring (bicyclic) bond motifs is 1. The number of ether oxygens (including phenoxy) is 1. The van der Waals surface area contributed by atoms with E-state index in [2.05, 4.69) is 34.3 Å². The third kappa shape index (κ3) is 3.33. The zero-order valence-corrected chi connectivity index (χ0v) is 13.6. The van der Waals surface area contributed by atoms with Crippen LogP contribution in [-0.4, -0.2) is 40.0 Å². The number of benzene rings is 1. The summed E-state index contributed by atoms with van der Waals surface area (Å²) in [5, 5.41) is 4.35. The molecule has 2 aromatic rings. The van der Waals surface area contributed by atoms with Crippen LogP contribution in [0.3, 0.4) is 0 Å². The van der Waals surface area contributed by atoms with Crippen LogP contribution in [0.15, 0.2) is 42.7 Å². The van der Waals surface area contributed by atoms with E-state index >= 15 is 0 Å². The molecule has 0 unspecified atom stereocenters. The molecule has 0 amide bonds. The topological polar surface area (TPSA) is 30.3 Å². The van der Waals surface area contributed by atoms with Crippen molar-refractivity contribution in [1.29, 1.82) is 0 Å². The van der Waals surface area contributed by atoms with Crippen LogP contribution in [0.1, 0.15) is 36.8 Å². The van der Waals surface area contributed by atoms with E-state index in [0.717, 1.165) is 26.2 Å². The molecule has 4 rings (SSSR count). The van der Waals surface area contributed by atoms with Gasteiger partial charge < -0.3 is 4.74 Å². The van der Waals surface area contributed by atoms with Crippen molar-refractivity contribution in [2.24, 2.45) is 0 Å². The molecule has 2 aliphatic rings. The third-order valence-electron chi connectivity index (χ3n) is 5.23. The Morgan fingerprint density at radius 3 is 2.70 bits per heavy atom. The van der Waals surface area contributed by atoms with Gasteiger partial charge in [-0.25, -0.2) is 0 Å². The van der Waals surface area contributed by atoms with Gasteiger partial charge in [0.25, 0.3) is 0 Å². The zero-order valence-electron chi connectivity index (χ0n) is 13.6. The predicted octanol–water partition coefficient (Wildman–Crippen LogP) is 3.07. The smallest absolute Gasteiger partial charge is 0.0731 e. The molecule has 2 atom stereocenters. The Morgan fingerprint density at radius 1 is 1.04 bits per heavy atom. The van der Waals surface area contributed by atoms with Crippen LogP contribution in [0.4, 0.5) is 0 Å². The average molecular weight is 311 g/mol. The summed E-state index contributed by atoms with van der Waals surface area (Å²) in [6, 6.07) is 11.4. The molecule has 122 valence electrons. The van der Waals surface area contributed by atoms with Crippen LogP contribution < -0.4 is 0 Å². The molecule has 0 radical (unpaired) electrons. The molecule has 0 bridgehead atoms. The van der Waals surface area contributed by atoms with Crippen molar-refractivity contribution in [3.63, 3.8) is 0 Å². The van der Waals surface area contributed by atoms with E-state index < -0.39 is 0 Å². The summed E-state index contributed by atoms with van der Waals surface area (Å²) in [5.41, 5.74) is 2.80. The second-order valence-corrected chi connectivity index (χ2v) is 6.70. The fourth-order valence-corrected chi connectivity index (χ4v) is 4.03. The minimum atomic E-state index is 0.454. The summed E-state index contributed by atoms with van der Waals surface area (Å²) >= 11 is 0. The minimum Gasteiger partial charge on any atom is -0.375 e. The number of hydrogen-bond donors (Lipinski definition) is 0. The van der Waals surface area contributed by atoms with Crippen LogP contribution >= 0.6 is 0 Å². The molecule has 1 saturated heterocycles. The molecule has 1 aliphatic carbocycles. The van der Waals surface area contributed by atoms with Crippen LogP contribution in [0.25, 0.3) is 0 Å². The monoisotopic (exact) mass is 311 g/mol. The molecule has 2 heterocycles. The van der Waals surface area contributed by atoms with Gasteiger partial charge in [-0.2, -0.15) is 5.10 Å². The van der Waals surface area contributed by atoms with Gasteiger partial charge in [0.15, 0.2) is 0 Å². The van der Waals surface area contributed by atoms with Crippen molar-refractivity contribution >= 4 is 0 Å². The lowest BCUT2D eigenvalue weighted by Crippen LogP contribution is -2.52. The van der Waals surface area contributed by atoms with Gasteiger partial charge in [0.05, 0.1) is 19.3 Å². The van der Waals surface area contributed by atoms with Gasteiger partial charge in [-0.3, -0.25) is 9.58 Å². The Hall–Kier alpha value is -1.65. The van der Waals surface area contributed by atoms with E-state index in [0.29, 0.717) is 12.1 Å². The van der Waals surface area contributed by atoms with E-state index in [1.165, 1.54) is 36.8 Å². The summed E-state index contributed by atoms with van der Waals surface area (Å²) in [5.74, 6) is 0.